The van der Waals surface area contributed by atoms with Crippen molar-refractivity contribution in [1.82, 2.24) is 0 Å². The molecule has 2 aromatic carbocycles. The summed E-state index contributed by atoms with van der Waals surface area (Å²) in [5, 5.41) is 8.92. The van der Waals surface area contributed by atoms with Crippen LogP contribution >= 0.6 is 0 Å². The molecule has 0 saturated heterocycles. The van der Waals surface area contributed by atoms with Gasteiger partial charge in [-0.15, -0.1) is 0 Å². The molecule has 0 unspecified atom stereocenters. The van der Waals surface area contributed by atoms with Crippen LogP contribution in [0.2, 0.25) is 0 Å². The summed E-state index contributed by atoms with van der Waals surface area (Å²) in [5.74, 6) is -0.0386. The Kier molecular flexibility index (Phi) is 4.05. The summed E-state index contributed by atoms with van der Waals surface area (Å²) in [6.45, 7) is -0.00563. The number of hydrogen-bond acceptors (Lipinski definition) is 2. The van der Waals surface area contributed by atoms with Gasteiger partial charge < -0.3 is 5.11 Å². The lowest BCUT2D eigenvalue weighted by molar-refractivity contribution is 0.104. The van der Waals surface area contributed by atoms with Crippen molar-refractivity contribution in [3.05, 3.63) is 77.4 Å². The molecule has 0 aliphatic rings. The lowest BCUT2D eigenvalue weighted by Crippen LogP contribution is -1.94. The van der Waals surface area contributed by atoms with E-state index in [1.807, 2.05) is 30.3 Å². The lowest BCUT2D eigenvalue weighted by atomic mass is 10.1. The maximum atomic E-state index is 11.9. The molecule has 0 heterocycles. The molecular formula is C16H14O2. The maximum Gasteiger partial charge on any atom is 0.185 e. The number of aliphatic hydroxyl groups is 1. The van der Waals surface area contributed by atoms with E-state index >= 15 is 0 Å². The average Bonchev–Trinajstić information content (AvgIpc) is 2.46. The van der Waals surface area contributed by atoms with Crippen LogP contribution in [0.1, 0.15) is 21.5 Å². The fourth-order valence-electron chi connectivity index (χ4n) is 1.61. The topological polar surface area (TPSA) is 37.3 Å². The third-order valence-electron chi connectivity index (χ3n) is 2.65. The smallest absolute Gasteiger partial charge is 0.185 e. The van der Waals surface area contributed by atoms with E-state index in [1.165, 1.54) is 0 Å². The SMILES string of the molecule is O=C(/C=C/c1ccccc1)c1ccc(CO)cc1. The Morgan fingerprint density at radius 1 is 1.00 bits per heavy atom. The van der Waals surface area contributed by atoms with Crippen LogP contribution in [-0.4, -0.2) is 10.9 Å². The zero-order chi connectivity index (χ0) is 12.8. The lowest BCUT2D eigenvalue weighted by Gasteiger charge is -1.98. The van der Waals surface area contributed by atoms with Gasteiger partial charge in [0.1, 0.15) is 0 Å². The molecule has 2 rings (SSSR count). The van der Waals surface area contributed by atoms with Gasteiger partial charge in [0.2, 0.25) is 0 Å². The Balaban J connectivity index is 2.09. The first-order chi connectivity index (χ1) is 8.79. The Morgan fingerprint density at radius 2 is 1.67 bits per heavy atom. The van der Waals surface area contributed by atoms with E-state index < -0.39 is 0 Å². The van der Waals surface area contributed by atoms with Crippen LogP contribution in [0.3, 0.4) is 0 Å². The predicted molar refractivity (Wildman–Crippen MR) is 72.2 cm³/mol. The molecule has 0 aliphatic heterocycles. The molecule has 0 saturated carbocycles. The molecule has 18 heavy (non-hydrogen) atoms. The van der Waals surface area contributed by atoms with Crippen LogP contribution in [0.5, 0.6) is 0 Å². The monoisotopic (exact) mass is 238 g/mol. The van der Waals surface area contributed by atoms with Gasteiger partial charge in [-0.05, 0) is 17.2 Å². The summed E-state index contributed by atoms with van der Waals surface area (Å²) in [7, 11) is 0. The summed E-state index contributed by atoms with van der Waals surface area (Å²) in [5.41, 5.74) is 2.43. The van der Waals surface area contributed by atoms with Crippen molar-refractivity contribution in [1.29, 1.82) is 0 Å². The van der Waals surface area contributed by atoms with Gasteiger partial charge in [-0.1, -0.05) is 60.7 Å². The standard InChI is InChI=1S/C16H14O2/c17-12-14-6-9-15(10-7-14)16(18)11-8-13-4-2-1-3-5-13/h1-11,17H,12H2/b11-8+. The van der Waals surface area contributed by atoms with Gasteiger partial charge in [0, 0.05) is 5.56 Å². The number of hydrogen-bond donors (Lipinski definition) is 1. The highest BCUT2D eigenvalue weighted by atomic mass is 16.3. The van der Waals surface area contributed by atoms with Crippen LogP contribution < -0.4 is 0 Å². The second-order valence-electron chi connectivity index (χ2n) is 3.96. The molecule has 2 aromatic rings. The number of allylic oxidation sites excluding steroid dienone is 1. The first-order valence-corrected chi connectivity index (χ1v) is 5.77. The van der Waals surface area contributed by atoms with E-state index in [1.54, 1.807) is 36.4 Å². The fourth-order valence-corrected chi connectivity index (χ4v) is 1.61. The summed E-state index contributed by atoms with van der Waals surface area (Å²) < 4.78 is 0. The van der Waals surface area contributed by atoms with Crippen LogP contribution in [-0.2, 0) is 6.61 Å². The second-order valence-corrected chi connectivity index (χ2v) is 3.96. The molecule has 0 spiro atoms. The second kappa shape index (κ2) is 5.94. The molecule has 90 valence electrons. The number of benzene rings is 2. The minimum absolute atomic E-state index is 0.00563. The number of aliphatic hydroxyl groups excluding tert-OH is 1. The first-order valence-electron chi connectivity index (χ1n) is 5.77. The zero-order valence-electron chi connectivity index (χ0n) is 9.91. The maximum absolute atomic E-state index is 11.9. The highest BCUT2D eigenvalue weighted by molar-refractivity contribution is 6.06. The van der Waals surface area contributed by atoms with E-state index in [2.05, 4.69) is 0 Å². The molecular weight excluding hydrogens is 224 g/mol. The number of carbonyl (C=O) groups is 1. The quantitative estimate of drug-likeness (QED) is 0.656. The molecule has 1 N–H and O–H groups in total. The van der Waals surface area contributed by atoms with Crippen molar-refractivity contribution in [2.45, 2.75) is 6.61 Å². The fraction of sp³-hybridized carbons (Fsp3) is 0.0625. The van der Waals surface area contributed by atoms with Crippen molar-refractivity contribution >= 4 is 11.9 Å². The van der Waals surface area contributed by atoms with Gasteiger partial charge in [0.05, 0.1) is 6.61 Å². The van der Waals surface area contributed by atoms with Crippen LogP contribution in [0.15, 0.2) is 60.7 Å². The molecule has 0 radical (unpaired) electrons. The van der Waals surface area contributed by atoms with Gasteiger partial charge in [-0.25, -0.2) is 0 Å². The Bertz CT molecular complexity index is 539. The first kappa shape index (κ1) is 12.3. The third-order valence-corrected chi connectivity index (χ3v) is 2.65. The number of rotatable bonds is 4. The summed E-state index contributed by atoms with van der Waals surface area (Å²) in [4.78, 5) is 11.9. The van der Waals surface area contributed by atoms with Crippen molar-refractivity contribution in [3.63, 3.8) is 0 Å². The highest BCUT2D eigenvalue weighted by Crippen LogP contribution is 2.08. The van der Waals surface area contributed by atoms with Crippen LogP contribution in [0, 0.1) is 0 Å². The normalized spacial score (nSPS) is 10.7. The van der Waals surface area contributed by atoms with Crippen LogP contribution in [0.4, 0.5) is 0 Å². The predicted octanol–water partition coefficient (Wildman–Crippen LogP) is 3.08. The minimum Gasteiger partial charge on any atom is -0.392 e. The van der Waals surface area contributed by atoms with Gasteiger partial charge >= 0.3 is 0 Å². The molecule has 0 aliphatic carbocycles. The molecule has 0 amide bonds. The number of carbonyl (C=O) groups excluding carboxylic acids is 1. The minimum atomic E-state index is -0.0386. The number of ketones is 1. The van der Waals surface area contributed by atoms with E-state index in [0.717, 1.165) is 11.1 Å². The van der Waals surface area contributed by atoms with E-state index in [9.17, 15) is 4.79 Å². The molecule has 0 aromatic heterocycles. The van der Waals surface area contributed by atoms with E-state index in [4.69, 9.17) is 5.11 Å². The van der Waals surface area contributed by atoms with Gasteiger partial charge in [0.15, 0.2) is 5.78 Å². The Hall–Kier alpha value is -2.19. The molecule has 0 bridgehead atoms. The molecule has 2 nitrogen and oxygen atoms in total. The third kappa shape index (κ3) is 3.15. The largest absolute Gasteiger partial charge is 0.392 e. The Morgan fingerprint density at radius 3 is 2.28 bits per heavy atom. The molecule has 2 heteroatoms. The van der Waals surface area contributed by atoms with Crippen molar-refractivity contribution in [2.24, 2.45) is 0 Å². The zero-order valence-corrected chi connectivity index (χ0v) is 9.91. The molecule has 0 atom stereocenters. The average molecular weight is 238 g/mol. The van der Waals surface area contributed by atoms with Gasteiger partial charge in [-0.2, -0.15) is 0 Å². The van der Waals surface area contributed by atoms with E-state index in [-0.39, 0.29) is 12.4 Å². The van der Waals surface area contributed by atoms with E-state index in [0.29, 0.717) is 5.56 Å². The summed E-state index contributed by atoms with van der Waals surface area (Å²) >= 11 is 0. The summed E-state index contributed by atoms with van der Waals surface area (Å²) in [6, 6.07) is 16.6. The van der Waals surface area contributed by atoms with Crippen molar-refractivity contribution in [2.75, 3.05) is 0 Å². The van der Waals surface area contributed by atoms with Crippen molar-refractivity contribution in [3.8, 4) is 0 Å². The van der Waals surface area contributed by atoms with Crippen molar-refractivity contribution < 1.29 is 9.90 Å². The van der Waals surface area contributed by atoms with Crippen LogP contribution in [0.25, 0.3) is 6.08 Å². The van der Waals surface area contributed by atoms with Gasteiger partial charge in [0.25, 0.3) is 0 Å². The Labute approximate surface area is 106 Å². The summed E-state index contributed by atoms with van der Waals surface area (Å²) in [6.07, 6.45) is 3.35. The molecule has 0 fully saturated rings. The van der Waals surface area contributed by atoms with Gasteiger partial charge in [-0.3, -0.25) is 4.79 Å². The highest BCUT2D eigenvalue weighted by Gasteiger charge is 2.01.